The van der Waals surface area contributed by atoms with Gasteiger partial charge in [-0.05, 0) is 43.0 Å². The third-order valence-electron chi connectivity index (χ3n) is 5.28. The fraction of sp³-hybridized carbons (Fsp3) is 0.375. The summed E-state index contributed by atoms with van der Waals surface area (Å²) in [5, 5.41) is 4.97. The van der Waals surface area contributed by atoms with Gasteiger partial charge >= 0.3 is 0 Å². The Kier molecular flexibility index (Phi) is 7.41. The number of benzene rings is 2. The Labute approximate surface area is 183 Å². The Hall–Kier alpha value is -3.03. The number of allylic oxidation sites excluding steroid dienone is 1. The number of rotatable bonds is 10. The van der Waals surface area contributed by atoms with Gasteiger partial charge in [0.2, 0.25) is 5.88 Å². The number of hydrogen-bond acceptors (Lipinski definition) is 7. The van der Waals surface area contributed by atoms with E-state index in [1.54, 1.807) is 12.3 Å². The van der Waals surface area contributed by atoms with Gasteiger partial charge in [0.05, 0.1) is 6.61 Å². The molecule has 1 atom stereocenters. The molecule has 0 aliphatic carbocycles. The van der Waals surface area contributed by atoms with Crippen LogP contribution in [0.4, 0.5) is 0 Å². The van der Waals surface area contributed by atoms with Crippen LogP contribution in [0, 0.1) is 0 Å². The normalized spacial score (nSPS) is 17.5. The molecule has 0 fully saturated rings. The van der Waals surface area contributed by atoms with Crippen molar-refractivity contribution < 1.29 is 14.2 Å². The molecule has 0 spiro atoms. The molecule has 2 aliphatic heterocycles. The first-order valence-electron chi connectivity index (χ1n) is 10.8. The number of fused-ring (bicyclic) bond motifs is 1. The minimum absolute atomic E-state index is 0.162. The number of nitrogens with two attached hydrogens (primary N) is 1. The van der Waals surface area contributed by atoms with Crippen molar-refractivity contribution in [2.75, 3.05) is 26.4 Å². The summed E-state index contributed by atoms with van der Waals surface area (Å²) in [6.07, 6.45) is 6.58. The van der Waals surface area contributed by atoms with Crippen molar-refractivity contribution in [1.29, 1.82) is 0 Å². The van der Waals surface area contributed by atoms with Gasteiger partial charge in [0.1, 0.15) is 30.9 Å². The second-order valence-corrected chi connectivity index (χ2v) is 7.68. The lowest BCUT2D eigenvalue weighted by Gasteiger charge is -2.27. The molecule has 2 heterocycles. The summed E-state index contributed by atoms with van der Waals surface area (Å²) in [4.78, 5) is 4.05. The van der Waals surface area contributed by atoms with Crippen LogP contribution in [0.1, 0.15) is 24.0 Å². The predicted octanol–water partition coefficient (Wildman–Crippen LogP) is 3.01. The Bertz CT molecular complexity index is 901. The molecule has 4 rings (SSSR count). The molecule has 0 aromatic heterocycles. The van der Waals surface area contributed by atoms with E-state index in [4.69, 9.17) is 20.1 Å². The van der Waals surface area contributed by atoms with Crippen LogP contribution < -0.4 is 20.6 Å². The van der Waals surface area contributed by atoms with Gasteiger partial charge in [0.15, 0.2) is 0 Å². The van der Waals surface area contributed by atoms with E-state index in [1.807, 2.05) is 30.3 Å². The molecule has 0 amide bonds. The van der Waals surface area contributed by atoms with Crippen LogP contribution in [0.3, 0.4) is 0 Å². The van der Waals surface area contributed by atoms with E-state index in [0.29, 0.717) is 25.8 Å². The Morgan fingerprint density at radius 2 is 2.06 bits per heavy atom. The SMILES string of the molecule is NN1CN=CC=C1OCCCNCC1CCc2ccc(OCc3ccccc3)cc2O1. The summed E-state index contributed by atoms with van der Waals surface area (Å²) in [6.45, 7) is 3.27. The van der Waals surface area contributed by atoms with Gasteiger partial charge in [-0.25, -0.2) is 5.84 Å². The molecule has 1 unspecified atom stereocenters. The number of nitrogens with one attached hydrogen (secondary N) is 1. The van der Waals surface area contributed by atoms with Crippen molar-refractivity contribution in [3.8, 4) is 11.5 Å². The third kappa shape index (κ3) is 6.23. The number of hydrogen-bond donors (Lipinski definition) is 2. The van der Waals surface area contributed by atoms with E-state index >= 15 is 0 Å². The number of aliphatic imine (C=N–C) groups is 1. The van der Waals surface area contributed by atoms with Crippen molar-refractivity contribution in [3.05, 3.63) is 71.6 Å². The second-order valence-electron chi connectivity index (χ2n) is 7.68. The molecule has 31 heavy (non-hydrogen) atoms. The molecule has 0 radical (unpaired) electrons. The van der Waals surface area contributed by atoms with Crippen LogP contribution in [0.5, 0.6) is 11.5 Å². The van der Waals surface area contributed by atoms with Gasteiger partial charge in [0.25, 0.3) is 0 Å². The molecular formula is C24H30N4O3. The fourth-order valence-corrected chi connectivity index (χ4v) is 3.57. The summed E-state index contributed by atoms with van der Waals surface area (Å²) < 4.78 is 17.8. The van der Waals surface area contributed by atoms with E-state index in [9.17, 15) is 0 Å². The standard InChI is InChI=1S/C24H30N4O3/c25-28-18-27-13-11-24(28)29-14-4-12-26-16-22-10-8-20-7-9-21(15-23(20)31-22)30-17-19-5-2-1-3-6-19/h1-3,5-7,9,11,13,15,22,26H,4,8,10,12,14,16-18,25H2. The Balaban J connectivity index is 1.17. The van der Waals surface area contributed by atoms with Crippen molar-refractivity contribution >= 4 is 6.21 Å². The highest BCUT2D eigenvalue weighted by molar-refractivity contribution is 5.72. The molecule has 2 aromatic carbocycles. The van der Waals surface area contributed by atoms with Gasteiger partial charge in [0, 0.05) is 24.9 Å². The molecular weight excluding hydrogens is 392 g/mol. The lowest BCUT2D eigenvalue weighted by atomic mass is 10.0. The quantitative estimate of drug-likeness (QED) is 0.453. The van der Waals surface area contributed by atoms with E-state index in [0.717, 1.165) is 49.4 Å². The summed E-state index contributed by atoms with van der Waals surface area (Å²) in [7, 11) is 0. The fourth-order valence-electron chi connectivity index (χ4n) is 3.57. The summed E-state index contributed by atoms with van der Waals surface area (Å²) in [6, 6.07) is 16.3. The average Bonchev–Trinajstić information content (AvgIpc) is 2.81. The molecule has 2 aliphatic rings. The zero-order valence-electron chi connectivity index (χ0n) is 17.7. The van der Waals surface area contributed by atoms with Crippen molar-refractivity contribution in [2.45, 2.75) is 32.0 Å². The van der Waals surface area contributed by atoms with Crippen LogP contribution in [-0.2, 0) is 17.8 Å². The second kappa shape index (κ2) is 10.8. The van der Waals surface area contributed by atoms with Crippen LogP contribution in [0.25, 0.3) is 0 Å². The van der Waals surface area contributed by atoms with Gasteiger partial charge in [-0.1, -0.05) is 36.4 Å². The first-order valence-corrected chi connectivity index (χ1v) is 10.8. The lowest BCUT2D eigenvalue weighted by molar-refractivity contribution is 0.110. The topological polar surface area (TPSA) is 81.3 Å². The monoisotopic (exact) mass is 422 g/mol. The summed E-state index contributed by atoms with van der Waals surface area (Å²) >= 11 is 0. The smallest absolute Gasteiger partial charge is 0.207 e. The molecule has 0 bridgehead atoms. The van der Waals surface area contributed by atoms with E-state index in [2.05, 4.69) is 28.5 Å². The lowest BCUT2D eigenvalue weighted by Crippen LogP contribution is -2.35. The zero-order valence-corrected chi connectivity index (χ0v) is 17.7. The molecule has 0 saturated carbocycles. The number of ether oxygens (including phenoxy) is 3. The van der Waals surface area contributed by atoms with E-state index in [-0.39, 0.29) is 6.10 Å². The van der Waals surface area contributed by atoms with Crippen LogP contribution in [0.15, 0.2) is 65.5 Å². The first kappa shape index (κ1) is 21.2. The van der Waals surface area contributed by atoms with Crippen LogP contribution in [-0.4, -0.2) is 43.7 Å². The zero-order chi connectivity index (χ0) is 21.3. The maximum atomic E-state index is 6.22. The Morgan fingerprint density at radius 3 is 2.94 bits per heavy atom. The summed E-state index contributed by atoms with van der Waals surface area (Å²) in [5.41, 5.74) is 2.40. The highest BCUT2D eigenvalue weighted by Crippen LogP contribution is 2.31. The number of hydrazine groups is 1. The third-order valence-corrected chi connectivity index (χ3v) is 5.28. The highest BCUT2D eigenvalue weighted by atomic mass is 16.5. The maximum absolute atomic E-state index is 6.22. The predicted molar refractivity (Wildman–Crippen MR) is 121 cm³/mol. The highest BCUT2D eigenvalue weighted by Gasteiger charge is 2.20. The largest absolute Gasteiger partial charge is 0.489 e. The van der Waals surface area contributed by atoms with Crippen LogP contribution in [0.2, 0.25) is 0 Å². The molecule has 0 saturated heterocycles. The van der Waals surface area contributed by atoms with E-state index < -0.39 is 0 Å². The molecule has 164 valence electrons. The van der Waals surface area contributed by atoms with E-state index in [1.165, 1.54) is 10.6 Å². The van der Waals surface area contributed by atoms with Gasteiger partial charge in [-0.2, -0.15) is 0 Å². The van der Waals surface area contributed by atoms with Gasteiger partial charge in [-0.3, -0.25) is 10.0 Å². The van der Waals surface area contributed by atoms with Gasteiger partial charge in [-0.15, -0.1) is 0 Å². The minimum atomic E-state index is 0.162. The number of nitrogens with zero attached hydrogens (tertiary/aromatic N) is 2. The number of aryl methyl sites for hydroxylation is 1. The molecule has 2 aromatic rings. The Morgan fingerprint density at radius 1 is 1.16 bits per heavy atom. The average molecular weight is 423 g/mol. The first-order chi connectivity index (χ1) is 15.3. The van der Waals surface area contributed by atoms with Crippen molar-refractivity contribution in [1.82, 2.24) is 10.3 Å². The van der Waals surface area contributed by atoms with Crippen molar-refractivity contribution in [3.63, 3.8) is 0 Å². The summed E-state index contributed by atoms with van der Waals surface area (Å²) in [5.74, 6) is 8.23. The molecule has 7 nitrogen and oxygen atoms in total. The molecule has 7 heteroatoms. The van der Waals surface area contributed by atoms with Crippen LogP contribution >= 0.6 is 0 Å². The minimum Gasteiger partial charge on any atom is -0.489 e. The van der Waals surface area contributed by atoms with Crippen molar-refractivity contribution in [2.24, 2.45) is 10.8 Å². The molecule has 3 N–H and O–H groups in total. The maximum Gasteiger partial charge on any atom is 0.207 e. The van der Waals surface area contributed by atoms with Gasteiger partial charge < -0.3 is 19.5 Å².